The van der Waals surface area contributed by atoms with Crippen molar-refractivity contribution in [1.29, 1.82) is 0 Å². The van der Waals surface area contributed by atoms with E-state index in [1.807, 2.05) is 0 Å². The SMILES string of the molecule is CC(O)CC(C)Nc1nc(NN)ncc1[N+](=O)[O-]. The van der Waals surface area contributed by atoms with E-state index in [9.17, 15) is 15.2 Å². The van der Waals surface area contributed by atoms with Gasteiger partial charge in [-0.3, -0.25) is 15.5 Å². The number of nitrogens with two attached hydrogens (primary N) is 1. The summed E-state index contributed by atoms with van der Waals surface area (Å²) in [4.78, 5) is 17.8. The molecule has 0 aliphatic carbocycles. The molecule has 0 aliphatic rings. The molecule has 0 amide bonds. The number of rotatable bonds is 6. The van der Waals surface area contributed by atoms with Crippen LogP contribution in [-0.4, -0.2) is 32.1 Å². The lowest BCUT2D eigenvalue weighted by molar-refractivity contribution is -0.384. The van der Waals surface area contributed by atoms with Crippen molar-refractivity contribution >= 4 is 17.5 Å². The smallest absolute Gasteiger partial charge is 0.329 e. The standard InChI is InChI=1S/C9H16N6O3/c1-5(3-6(2)16)12-8-7(15(17)18)4-11-9(13-8)14-10/h4-6,16H,3,10H2,1-2H3,(H2,11,12,13,14). The molecule has 0 fully saturated rings. The minimum Gasteiger partial charge on any atom is -0.393 e. The van der Waals surface area contributed by atoms with Crippen molar-refractivity contribution < 1.29 is 10.0 Å². The lowest BCUT2D eigenvalue weighted by Crippen LogP contribution is -2.22. The van der Waals surface area contributed by atoms with Gasteiger partial charge in [0.15, 0.2) is 0 Å². The zero-order chi connectivity index (χ0) is 13.7. The second kappa shape index (κ2) is 6.07. The van der Waals surface area contributed by atoms with E-state index < -0.39 is 11.0 Å². The van der Waals surface area contributed by atoms with E-state index >= 15 is 0 Å². The lowest BCUT2D eigenvalue weighted by atomic mass is 10.1. The first kappa shape index (κ1) is 14.1. The number of nitrogens with zero attached hydrogens (tertiary/aromatic N) is 3. The minimum absolute atomic E-state index is 0.0658. The number of aliphatic hydroxyl groups is 1. The number of hydrogen-bond donors (Lipinski definition) is 4. The first-order valence-electron chi connectivity index (χ1n) is 5.36. The highest BCUT2D eigenvalue weighted by Gasteiger charge is 2.19. The van der Waals surface area contributed by atoms with Crippen molar-refractivity contribution in [2.75, 3.05) is 10.7 Å². The molecule has 0 saturated heterocycles. The molecule has 0 aromatic carbocycles. The maximum atomic E-state index is 10.8. The zero-order valence-electron chi connectivity index (χ0n) is 10.1. The summed E-state index contributed by atoms with van der Waals surface area (Å²) < 4.78 is 0. The van der Waals surface area contributed by atoms with Gasteiger partial charge >= 0.3 is 5.69 Å². The predicted octanol–water partition coefficient (Wildman–Crippen LogP) is 0.242. The fraction of sp³-hybridized carbons (Fsp3) is 0.556. The zero-order valence-corrected chi connectivity index (χ0v) is 10.1. The number of nitro groups is 1. The molecule has 2 unspecified atom stereocenters. The van der Waals surface area contributed by atoms with Crippen molar-refractivity contribution in [3.63, 3.8) is 0 Å². The van der Waals surface area contributed by atoms with Gasteiger partial charge in [-0.2, -0.15) is 4.98 Å². The van der Waals surface area contributed by atoms with Gasteiger partial charge in [0.1, 0.15) is 6.20 Å². The number of hydrazine groups is 1. The van der Waals surface area contributed by atoms with Gasteiger partial charge < -0.3 is 10.4 Å². The molecule has 5 N–H and O–H groups in total. The van der Waals surface area contributed by atoms with Gasteiger partial charge in [-0.15, -0.1) is 0 Å². The number of aliphatic hydroxyl groups excluding tert-OH is 1. The third-order valence-corrected chi connectivity index (χ3v) is 2.17. The Balaban J connectivity index is 2.93. The summed E-state index contributed by atoms with van der Waals surface area (Å²) in [6.45, 7) is 3.42. The van der Waals surface area contributed by atoms with Crippen molar-refractivity contribution in [2.24, 2.45) is 5.84 Å². The van der Waals surface area contributed by atoms with Crippen molar-refractivity contribution in [1.82, 2.24) is 9.97 Å². The van der Waals surface area contributed by atoms with Crippen LogP contribution in [0.3, 0.4) is 0 Å². The number of aromatic nitrogens is 2. The first-order chi connectivity index (χ1) is 8.43. The van der Waals surface area contributed by atoms with Crippen LogP contribution in [0.5, 0.6) is 0 Å². The van der Waals surface area contributed by atoms with Gasteiger partial charge in [0.25, 0.3) is 0 Å². The molecular formula is C9H16N6O3. The average Bonchev–Trinajstić information content (AvgIpc) is 2.27. The molecule has 0 radical (unpaired) electrons. The van der Waals surface area contributed by atoms with Crippen LogP contribution in [0, 0.1) is 10.1 Å². The normalized spacial score (nSPS) is 13.8. The van der Waals surface area contributed by atoms with E-state index in [1.54, 1.807) is 13.8 Å². The molecular weight excluding hydrogens is 240 g/mol. The third kappa shape index (κ3) is 3.79. The molecule has 100 valence electrons. The van der Waals surface area contributed by atoms with Crippen molar-refractivity contribution in [3.8, 4) is 0 Å². The molecule has 0 spiro atoms. The first-order valence-corrected chi connectivity index (χ1v) is 5.36. The van der Waals surface area contributed by atoms with Crippen LogP contribution in [0.15, 0.2) is 6.20 Å². The number of nitrogen functional groups attached to an aromatic ring is 1. The Kier molecular flexibility index (Phi) is 4.75. The summed E-state index contributed by atoms with van der Waals surface area (Å²) in [6.07, 6.45) is 0.993. The molecule has 9 nitrogen and oxygen atoms in total. The average molecular weight is 256 g/mol. The molecule has 1 aromatic heterocycles. The van der Waals surface area contributed by atoms with Gasteiger partial charge in [-0.05, 0) is 20.3 Å². The topological polar surface area (TPSA) is 139 Å². The van der Waals surface area contributed by atoms with E-state index in [1.165, 1.54) is 0 Å². The lowest BCUT2D eigenvalue weighted by Gasteiger charge is -2.16. The predicted molar refractivity (Wildman–Crippen MR) is 65.9 cm³/mol. The van der Waals surface area contributed by atoms with Crippen LogP contribution in [0.2, 0.25) is 0 Å². The number of hydrogen-bond acceptors (Lipinski definition) is 8. The Bertz CT molecular complexity index is 425. The van der Waals surface area contributed by atoms with Gasteiger partial charge in [0.2, 0.25) is 11.8 Å². The molecule has 1 heterocycles. The fourth-order valence-corrected chi connectivity index (χ4v) is 1.49. The van der Waals surface area contributed by atoms with E-state index in [0.717, 1.165) is 6.20 Å². The summed E-state index contributed by atoms with van der Waals surface area (Å²) >= 11 is 0. The highest BCUT2D eigenvalue weighted by atomic mass is 16.6. The quantitative estimate of drug-likeness (QED) is 0.322. The Morgan fingerprint density at radius 3 is 2.78 bits per heavy atom. The Hall–Kier alpha value is -2.00. The summed E-state index contributed by atoms with van der Waals surface area (Å²) in [5.41, 5.74) is 1.97. The van der Waals surface area contributed by atoms with E-state index in [-0.39, 0.29) is 23.5 Å². The molecule has 0 bridgehead atoms. The van der Waals surface area contributed by atoms with E-state index in [4.69, 9.17) is 5.84 Å². The van der Waals surface area contributed by atoms with Gasteiger partial charge in [-0.1, -0.05) is 0 Å². The fourth-order valence-electron chi connectivity index (χ4n) is 1.49. The van der Waals surface area contributed by atoms with Crippen LogP contribution < -0.4 is 16.6 Å². The summed E-state index contributed by atoms with van der Waals surface area (Å²) in [5, 5.41) is 22.9. The van der Waals surface area contributed by atoms with E-state index in [2.05, 4.69) is 20.7 Å². The molecule has 0 aliphatic heterocycles. The molecule has 2 atom stereocenters. The van der Waals surface area contributed by atoms with E-state index in [0.29, 0.717) is 6.42 Å². The molecule has 1 aromatic rings. The molecule has 0 saturated carbocycles. The molecule has 18 heavy (non-hydrogen) atoms. The van der Waals surface area contributed by atoms with Crippen LogP contribution in [0.1, 0.15) is 20.3 Å². The highest BCUT2D eigenvalue weighted by molar-refractivity contribution is 5.57. The maximum absolute atomic E-state index is 10.8. The summed E-state index contributed by atoms with van der Waals surface area (Å²) in [6, 6.07) is -0.177. The van der Waals surface area contributed by atoms with Crippen LogP contribution in [0.4, 0.5) is 17.5 Å². The van der Waals surface area contributed by atoms with Crippen molar-refractivity contribution in [3.05, 3.63) is 16.3 Å². The van der Waals surface area contributed by atoms with Gasteiger partial charge in [0, 0.05) is 6.04 Å². The molecule has 9 heteroatoms. The summed E-state index contributed by atoms with van der Waals surface area (Å²) in [7, 11) is 0. The molecule has 1 rings (SSSR count). The minimum atomic E-state index is -0.586. The van der Waals surface area contributed by atoms with Gasteiger partial charge in [-0.25, -0.2) is 10.8 Å². The second-order valence-electron chi connectivity index (χ2n) is 3.96. The van der Waals surface area contributed by atoms with Crippen molar-refractivity contribution in [2.45, 2.75) is 32.4 Å². The largest absolute Gasteiger partial charge is 0.393 e. The number of anilines is 2. The monoisotopic (exact) mass is 256 g/mol. The Morgan fingerprint density at radius 2 is 2.28 bits per heavy atom. The van der Waals surface area contributed by atoms with Crippen LogP contribution in [0.25, 0.3) is 0 Å². The summed E-state index contributed by atoms with van der Waals surface area (Å²) in [5.74, 6) is 5.29. The Labute approximate surface area is 104 Å². The maximum Gasteiger partial charge on any atom is 0.329 e. The second-order valence-corrected chi connectivity index (χ2v) is 3.96. The van der Waals surface area contributed by atoms with Gasteiger partial charge in [0.05, 0.1) is 11.0 Å². The Morgan fingerprint density at radius 1 is 1.61 bits per heavy atom. The van der Waals surface area contributed by atoms with Crippen LogP contribution >= 0.6 is 0 Å². The highest BCUT2D eigenvalue weighted by Crippen LogP contribution is 2.23. The van der Waals surface area contributed by atoms with Crippen LogP contribution in [-0.2, 0) is 0 Å². The number of nitrogens with one attached hydrogen (secondary N) is 2. The third-order valence-electron chi connectivity index (χ3n) is 2.17.